The molecule has 0 unspecified atom stereocenters. The number of fused-ring (bicyclic) bond motifs is 1. The lowest BCUT2D eigenvalue weighted by atomic mass is 10.2. The Morgan fingerprint density at radius 1 is 1.60 bits per heavy atom. The number of hydrogen-bond donors (Lipinski definition) is 3. The van der Waals surface area contributed by atoms with E-state index in [4.69, 9.17) is 23.6 Å². The van der Waals surface area contributed by atoms with E-state index in [0.29, 0.717) is 16.0 Å². The number of aromatic nitrogens is 3. The maximum absolute atomic E-state index is 5.13. The van der Waals surface area contributed by atoms with E-state index in [9.17, 15) is 0 Å². The van der Waals surface area contributed by atoms with Crippen molar-refractivity contribution in [3.05, 3.63) is 28.7 Å². The molecule has 76 valence electrons. The second kappa shape index (κ2) is 3.58. The van der Waals surface area contributed by atoms with E-state index in [0.717, 1.165) is 0 Å². The first-order valence-electron chi connectivity index (χ1n) is 4.02. The number of pyridine rings is 1. The minimum Gasteiger partial charge on any atom is -0.321 e. The number of aromatic amines is 1. The third kappa shape index (κ3) is 1.50. The second-order valence-corrected chi connectivity index (χ2v) is 3.14. The molecule has 2 aromatic rings. The molecule has 0 amide bonds. The summed E-state index contributed by atoms with van der Waals surface area (Å²) in [4.78, 5) is 0. The average molecular weight is 222 g/mol. The molecule has 2 rings (SSSR count). The van der Waals surface area contributed by atoms with Crippen LogP contribution in [0.2, 0.25) is 0 Å². The van der Waals surface area contributed by atoms with Gasteiger partial charge >= 0.3 is 0 Å². The lowest BCUT2D eigenvalue weighted by Gasteiger charge is -1.96. The van der Waals surface area contributed by atoms with Crippen molar-refractivity contribution in [3.8, 4) is 0 Å². The van der Waals surface area contributed by atoms with E-state index in [1.165, 1.54) is 0 Å². The Balaban J connectivity index is 2.69. The summed E-state index contributed by atoms with van der Waals surface area (Å²) >= 11 is 5.02. The van der Waals surface area contributed by atoms with Gasteiger partial charge in [0.2, 0.25) is 5.84 Å². The summed E-state index contributed by atoms with van der Waals surface area (Å²) in [5, 5.41) is 13.5. The Bertz CT molecular complexity index is 593. The van der Waals surface area contributed by atoms with Gasteiger partial charge in [-0.15, -0.1) is 0 Å². The number of nitrogens with two attached hydrogens (primary N) is 2. The summed E-state index contributed by atoms with van der Waals surface area (Å²) < 4.78 is 2.17. The van der Waals surface area contributed by atoms with E-state index in [2.05, 4.69) is 20.4 Å². The van der Waals surface area contributed by atoms with Gasteiger partial charge in [0, 0.05) is 16.9 Å². The average Bonchev–Trinajstić information content (AvgIpc) is 2.62. The van der Waals surface area contributed by atoms with Crippen LogP contribution in [0.15, 0.2) is 28.5 Å². The van der Waals surface area contributed by atoms with Crippen molar-refractivity contribution in [2.24, 2.45) is 16.1 Å². The van der Waals surface area contributed by atoms with E-state index in [1.807, 2.05) is 0 Å². The van der Waals surface area contributed by atoms with Gasteiger partial charge in [-0.25, -0.2) is 0 Å². The van der Waals surface area contributed by atoms with Crippen molar-refractivity contribution < 1.29 is 5.53 Å². The van der Waals surface area contributed by atoms with E-state index in [1.54, 1.807) is 22.7 Å². The Morgan fingerprint density at radius 3 is 3.07 bits per heavy atom. The minimum atomic E-state index is 0.250. The Kier molecular flexibility index (Phi) is 2.26. The molecule has 0 spiro atoms. The van der Waals surface area contributed by atoms with Gasteiger partial charge in [-0.2, -0.15) is 15.7 Å². The molecule has 0 radical (unpaired) electrons. The van der Waals surface area contributed by atoms with Crippen LogP contribution < -0.4 is 11.4 Å². The highest BCUT2D eigenvalue weighted by Crippen LogP contribution is 2.06. The Morgan fingerprint density at radius 2 is 2.40 bits per heavy atom. The molecule has 0 saturated heterocycles. The first kappa shape index (κ1) is 9.46. The number of H-pyrrole nitrogens is 1. The maximum atomic E-state index is 5.13. The van der Waals surface area contributed by atoms with Crippen LogP contribution in [0.5, 0.6) is 0 Å². The van der Waals surface area contributed by atoms with Crippen LogP contribution in [0.25, 0.3) is 5.65 Å². The molecule has 0 atom stereocenters. The summed E-state index contributed by atoms with van der Waals surface area (Å²) in [7, 11) is 0. The van der Waals surface area contributed by atoms with E-state index < -0.39 is 0 Å². The third-order valence-corrected chi connectivity index (χ3v) is 2.20. The van der Waals surface area contributed by atoms with Crippen LogP contribution in [0, 0.1) is 4.77 Å². The van der Waals surface area contributed by atoms with Crippen LogP contribution >= 0.6 is 12.2 Å². The number of nitrogens with zero attached hydrogens (tertiary/aromatic N) is 4. The maximum Gasteiger partial charge on any atom is 0.245 e. The largest absolute Gasteiger partial charge is 0.321 e. The van der Waals surface area contributed by atoms with Gasteiger partial charge in [0.25, 0.3) is 0 Å². The number of hydrazone groups is 1. The van der Waals surface area contributed by atoms with Gasteiger partial charge in [-0.05, 0) is 24.4 Å². The molecule has 8 heteroatoms. The molecule has 0 bridgehead atoms. The van der Waals surface area contributed by atoms with Gasteiger partial charge in [-0.1, -0.05) is 0 Å². The van der Waals surface area contributed by atoms with Crippen LogP contribution in [-0.4, -0.2) is 20.4 Å². The fourth-order valence-electron chi connectivity index (χ4n) is 1.22. The Labute approximate surface area is 89.1 Å². The quantitative estimate of drug-likeness (QED) is 0.147. The minimum absolute atomic E-state index is 0.250. The van der Waals surface area contributed by atoms with Gasteiger partial charge in [0.15, 0.2) is 10.4 Å². The van der Waals surface area contributed by atoms with Gasteiger partial charge in [-0.3, -0.25) is 9.50 Å². The predicted molar refractivity (Wildman–Crippen MR) is 55.5 cm³/mol. The summed E-state index contributed by atoms with van der Waals surface area (Å²) in [6.45, 7) is 0. The topological polar surface area (TPSA) is 109 Å². The summed E-state index contributed by atoms with van der Waals surface area (Å²) in [6.07, 6.45) is 1.71. The zero-order valence-corrected chi connectivity index (χ0v) is 8.40. The third-order valence-electron chi connectivity index (χ3n) is 1.91. The molecule has 5 N–H and O–H groups in total. The number of nitrogens with one attached hydrogen (secondary N) is 1. The summed E-state index contributed by atoms with van der Waals surface area (Å²) in [5.74, 6) is 5.38. The highest BCUT2D eigenvalue weighted by molar-refractivity contribution is 7.71. The number of rotatable bonds is 1. The van der Waals surface area contributed by atoms with Crippen molar-refractivity contribution in [3.63, 3.8) is 0 Å². The SMILES string of the molecule is N/N=C(\N=[NH2+])c1ccc2n[nH]c(=S)n2c1. The van der Waals surface area contributed by atoms with Crippen molar-refractivity contribution in [1.82, 2.24) is 14.6 Å². The molecule has 0 aromatic carbocycles. The van der Waals surface area contributed by atoms with E-state index in [-0.39, 0.29) is 5.84 Å². The molecule has 0 aliphatic rings. The fraction of sp³-hybridized carbons (Fsp3) is 0. The molecular formula is C7H8N7S+. The van der Waals surface area contributed by atoms with Crippen molar-refractivity contribution in [2.75, 3.05) is 0 Å². The van der Waals surface area contributed by atoms with Crippen molar-refractivity contribution >= 4 is 23.7 Å². The number of amidine groups is 1. The van der Waals surface area contributed by atoms with E-state index >= 15 is 0 Å². The molecule has 2 aromatic heterocycles. The van der Waals surface area contributed by atoms with Crippen LogP contribution in [-0.2, 0) is 0 Å². The van der Waals surface area contributed by atoms with Crippen LogP contribution in [0.4, 0.5) is 0 Å². The standard InChI is InChI=1S/C7H7N7S/c8-10-6(11-9)4-1-2-5-12-13-7(15)14(5)3-4/h1-3,8H,9H2,(H,13,15)/p+1/b10-8?,11-6-. The molecule has 0 saturated carbocycles. The predicted octanol–water partition coefficient (Wildman–Crippen LogP) is -0.777. The molecule has 15 heavy (non-hydrogen) atoms. The number of hydrogen-bond acceptors (Lipinski definition) is 4. The smallest absolute Gasteiger partial charge is 0.245 e. The molecule has 7 nitrogen and oxygen atoms in total. The zero-order valence-electron chi connectivity index (χ0n) is 7.58. The van der Waals surface area contributed by atoms with Gasteiger partial charge < -0.3 is 5.84 Å². The first-order chi connectivity index (χ1) is 7.26. The fourth-order valence-corrected chi connectivity index (χ4v) is 1.41. The summed E-state index contributed by atoms with van der Waals surface area (Å²) in [5.41, 5.74) is 6.51. The van der Waals surface area contributed by atoms with Crippen LogP contribution in [0.1, 0.15) is 5.56 Å². The lowest BCUT2D eigenvalue weighted by molar-refractivity contribution is -0.206. The first-order valence-corrected chi connectivity index (χ1v) is 4.43. The lowest BCUT2D eigenvalue weighted by Crippen LogP contribution is -2.27. The van der Waals surface area contributed by atoms with Crippen molar-refractivity contribution in [2.45, 2.75) is 0 Å². The Hall–Kier alpha value is -2.09. The molecule has 2 heterocycles. The van der Waals surface area contributed by atoms with Gasteiger partial charge in [0.1, 0.15) is 0 Å². The molecule has 0 aliphatic heterocycles. The van der Waals surface area contributed by atoms with Crippen LogP contribution in [0.3, 0.4) is 0 Å². The molecular weight excluding hydrogens is 214 g/mol. The normalized spacial score (nSPS) is 11.9. The van der Waals surface area contributed by atoms with Gasteiger partial charge in [0.05, 0.1) is 0 Å². The molecule has 0 fully saturated rings. The highest BCUT2D eigenvalue weighted by atomic mass is 32.1. The summed E-state index contributed by atoms with van der Waals surface area (Å²) in [6, 6.07) is 3.52. The zero-order chi connectivity index (χ0) is 10.8. The molecule has 0 aliphatic carbocycles. The monoisotopic (exact) mass is 222 g/mol. The van der Waals surface area contributed by atoms with Crippen molar-refractivity contribution in [1.29, 1.82) is 0 Å². The highest BCUT2D eigenvalue weighted by Gasteiger charge is 2.06. The second-order valence-electron chi connectivity index (χ2n) is 2.76.